The summed E-state index contributed by atoms with van der Waals surface area (Å²) in [6.45, 7) is 11.4. The Bertz CT molecular complexity index is 425. The van der Waals surface area contributed by atoms with Gasteiger partial charge in [0, 0.05) is 25.0 Å². The van der Waals surface area contributed by atoms with Crippen LogP contribution in [0.15, 0.2) is 4.99 Å². The molecule has 0 aromatic heterocycles. The van der Waals surface area contributed by atoms with Gasteiger partial charge in [-0.3, -0.25) is 9.79 Å². The lowest BCUT2D eigenvalue weighted by Crippen LogP contribution is -2.42. The molecule has 1 atom stereocenters. The van der Waals surface area contributed by atoms with Crippen LogP contribution in [-0.2, 0) is 4.79 Å². The smallest absolute Gasteiger partial charge is 0.220 e. The van der Waals surface area contributed by atoms with Crippen molar-refractivity contribution in [3.8, 4) is 0 Å². The number of amides is 1. The molecule has 4 N–H and O–H groups in total. The molecular weight excluding hydrogens is 465 g/mol. The molecule has 0 aromatic carbocycles. The molecule has 7 heteroatoms. The Hall–Kier alpha value is -0.570. The van der Waals surface area contributed by atoms with Crippen LogP contribution in [0.3, 0.4) is 0 Å². The first kappa shape index (κ1) is 27.4. The standard InChI is InChI=1S/C21H43N5O.HI/c1-4-6-7-8-11-18(3)25-21(23-5-2)24-14-9-10-15-26-16-12-19(13-17-26)20(22)27;/h18-19H,4-17H2,1-3H3,(H2,22,27)(H2,23,24,25);1H. The number of rotatable bonds is 13. The van der Waals surface area contributed by atoms with Gasteiger partial charge in [-0.25, -0.2) is 0 Å². The molecule has 0 aromatic rings. The maximum absolute atomic E-state index is 11.2. The van der Waals surface area contributed by atoms with Gasteiger partial charge in [-0.1, -0.05) is 32.6 Å². The quantitative estimate of drug-likeness (QED) is 0.154. The summed E-state index contributed by atoms with van der Waals surface area (Å²) in [5.74, 6) is 0.901. The van der Waals surface area contributed by atoms with Gasteiger partial charge in [-0.2, -0.15) is 0 Å². The maximum atomic E-state index is 11.2. The van der Waals surface area contributed by atoms with Gasteiger partial charge in [-0.05, 0) is 65.6 Å². The fourth-order valence-electron chi connectivity index (χ4n) is 3.58. The Morgan fingerprint density at radius 3 is 2.46 bits per heavy atom. The first-order valence-electron chi connectivity index (χ1n) is 11.1. The highest BCUT2D eigenvalue weighted by Crippen LogP contribution is 2.16. The first-order chi connectivity index (χ1) is 13.1. The van der Waals surface area contributed by atoms with Crippen molar-refractivity contribution in [3.05, 3.63) is 0 Å². The third-order valence-corrected chi connectivity index (χ3v) is 5.36. The van der Waals surface area contributed by atoms with E-state index < -0.39 is 0 Å². The molecule has 1 amide bonds. The first-order valence-corrected chi connectivity index (χ1v) is 11.1. The van der Waals surface area contributed by atoms with Crippen LogP contribution >= 0.6 is 24.0 Å². The maximum Gasteiger partial charge on any atom is 0.220 e. The topological polar surface area (TPSA) is 82.8 Å². The number of primary amides is 1. The minimum absolute atomic E-state index is 0. The van der Waals surface area contributed by atoms with Crippen LogP contribution in [0.25, 0.3) is 0 Å². The number of carbonyl (C=O) groups excluding carboxylic acids is 1. The lowest BCUT2D eigenvalue weighted by atomic mass is 9.96. The van der Waals surface area contributed by atoms with Gasteiger partial charge in [0.1, 0.15) is 0 Å². The molecule has 0 spiro atoms. The predicted molar refractivity (Wildman–Crippen MR) is 130 cm³/mol. The Kier molecular flexibility index (Phi) is 16.9. The number of guanidine groups is 1. The van der Waals surface area contributed by atoms with E-state index >= 15 is 0 Å². The van der Waals surface area contributed by atoms with Gasteiger partial charge < -0.3 is 21.3 Å². The number of carbonyl (C=O) groups is 1. The zero-order valence-electron chi connectivity index (χ0n) is 18.3. The molecule has 0 bridgehead atoms. The molecular formula is C21H44IN5O. The fourth-order valence-corrected chi connectivity index (χ4v) is 3.58. The van der Waals surface area contributed by atoms with E-state index in [1.165, 1.54) is 32.1 Å². The van der Waals surface area contributed by atoms with Gasteiger partial charge in [0.05, 0.1) is 0 Å². The Morgan fingerprint density at radius 1 is 1.14 bits per heavy atom. The van der Waals surface area contributed by atoms with E-state index in [-0.39, 0.29) is 35.8 Å². The van der Waals surface area contributed by atoms with E-state index in [2.05, 4.69) is 36.3 Å². The average molecular weight is 510 g/mol. The Morgan fingerprint density at radius 2 is 1.86 bits per heavy atom. The predicted octanol–water partition coefficient (Wildman–Crippen LogP) is 3.50. The van der Waals surface area contributed by atoms with Gasteiger partial charge in [0.15, 0.2) is 5.96 Å². The normalized spacial score (nSPS) is 17.0. The summed E-state index contributed by atoms with van der Waals surface area (Å²) in [7, 11) is 0. The van der Waals surface area contributed by atoms with Crippen LogP contribution in [-0.4, -0.2) is 55.5 Å². The van der Waals surface area contributed by atoms with Crippen LogP contribution in [0.4, 0.5) is 0 Å². The third-order valence-electron chi connectivity index (χ3n) is 5.36. The number of piperidine rings is 1. The summed E-state index contributed by atoms with van der Waals surface area (Å²) in [5.41, 5.74) is 5.40. The van der Waals surface area contributed by atoms with E-state index in [1.54, 1.807) is 0 Å². The number of nitrogens with two attached hydrogens (primary N) is 1. The largest absolute Gasteiger partial charge is 0.369 e. The van der Waals surface area contributed by atoms with Crippen molar-refractivity contribution in [2.45, 2.75) is 84.6 Å². The number of hydrogen-bond acceptors (Lipinski definition) is 3. The number of nitrogens with zero attached hydrogens (tertiary/aromatic N) is 2. The second-order valence-electron chi connectivity index (χ2n) is 7.88. The van der Waals surface area contributed by atoms with Gasteiger partial charge in [0.25, 0.3) is 0 Å². The SMILES string of the molecule is CCCCCCC(C)NC(=NCCCCN1CCC(C(N)=O)CC1)NCC.I. The van der Waals surface area contributed by atoms with Crippen molar-refractivity contribution in [2.75, 3.05) is 32.7 Å². The second-order valence-corrected chi connectivity index (χ2v) is 7.88. The zero-order valence-corrected chi connectivity index (χ0v) is 20.7. The highest BCUT2D eigenvalue weighted by molar-refractivity contribution is 14.0. The Labute approximate surface area is 189 Å². The molecule has 1 aliphatic rings. The molecule has 1 heterocycles. The summed E-state index contributed by atoms with van der Waals surface area (Å²) in [6, 6.07) is 0.464. The number of hydrogen-bond donors (Lipinski definition) is 3. The summed E-state index contributed by atoms with van der Waals surface area (Å²) in [6.07, 6.45) is 10.5. The molecule has 28 heavy (non-hydrogen) atoms. The lowest BCUT2D eigenvalue weighted by molar-refractivity contribution is -0.123. The second kappa shape index (κ2) is 17.3. The van der Waals surface area contributed by atoms with E-state index in [0.717, 1.165) is 64.4 Å². The van der Waals surface area contributed by atoms with Crippen LogP contribution in [0.1, 0.15) is 78.6 Å². The molecule has 1 aliphatic heterocycles. The lowest BCUT2D eigenvalue weighted by Gasteiger charge is -2.30. The molecule has 1 fully saturated rings. The number of halogens is 1. The van der Waals surface area contributed by atoms with Gasteiger partial charge >= 0.3 is 0 Å². The van der Waals surface area contributed by atoms with Gasteiger partial charge in [0.2, 0.25) is 5.91 Å². The summed E-state index contributed by atoms with van der Waals surface area (Å²) in [5, 5.41) is 6.89. The van der Waals surface area contributed by atoms with Crippen molar-refractivity contribution in [3.63, 3.8) is 0 Å². The van der Waals surface area contributed by atoms with Crippen molar-refractivity contribution in [2.24, 2.45) is 16.6 Å². The monoisotopic (exact) mass is 509 g/mol. The van der Waals surface area contributed by atoms with Crippen molar-refractivity contribution >= 4 is 35.8 Å². The minimum Gasteiger partial charge on any atom is -0.369 e. The molecule has 0 aliphatic carbocycles. The van der Waals surface area contributed by atoms with Crippen molar-refractivity contribution < 1.29 is 4.79 Å². The van der Waals surface area contributed by atoms with Crippen LogP contribution in [0, 0.1) is 5.92 Å². The highest BCUT2D eigenvalue weighted by atomic mass is 127. The van der Waals surface area contributed by atoms with Crippen molar-refractivity contribution in [1.82, 2.24) is 15.5 Å². The van der Waals surface area contributed by atoms with Gasteiger partial charge in [-0.15, -0.1) is 24.0 Å². The summed E-state index contributed by atoms with van der Waals surface area (Å²) < 4.78 is 0. The minimum atomic E-state index is -0.132. The number of nitrogens with one attached hydrogen (secondary N) is 2. The summed E-state index contributed by atoms with van der Waals surface area (Å²) in [4.78, 5) is 18.4. The zero-order chi connectivity index (χ0) is 19.9. The van der Waals surface area contributed by atoms with Crippen LogP contribution in [0.2, 0.25) is 0 Å². The molecule has 1 saturated heterocycles. The molecule has 1 unspecified atom stereocenters. The van der Waals surface area contributed by atoms with Crippen LogP contribution in [0.5, 0.6) is 0 Å². The average Bonchev–Trinajstić information content (AvgIpc) is 2.65. The van der Waals surface area contributed by atoms with Crippen LogP contribution < -0.4 is 16.4 Å². The molecule has 1 rings (SSSR count). The number of unbranched alkanes of at least 4 members (excludes halogenated alkanes) is 4. The number of aliphatic imine (C=N–C) groups is 1. The summed E-state index contributed by atoms with van der Waals surface area (Å²) >= 11 is 0. The van der Waals surface area contributed by atoms with E-state index in [9.17, 15) is 4.79 Å². The fraction of sp³-hybridized carbons (Fsp3) is 0.905. The molecule has 0 radical (unpaired) electrons. The van der Waals surface area contributed by atoms with Crippen molar-refractivity contribution in [1.29, 1.82) is 0 Å². The Balaban J connectivity index is 0.00000729. The van der Waals surface area contributed by atoms with E-state index in [0.29, 0.717) is 6.04 Å². The molecule has 166 valence electrons. The number of likely N-dealkylation sites (tertiary alicyclic amines) is 1. The molecule has 0 saturated carbocycles. The molecule has 6 nitrogen and oxygen atoms in total. The third kappa shape index (κ3) is 12.8. The van der Waals surface area contributed by atoms with E-state index in [1.807, 2.05) is 0 Å². The van der Waals surface area contributed by atoms with E-state index in [4.69, 9.17) is 10.7 Å². The highest BCUT2D eigenvalue weighted by Gasteiger charge is 2.22.